The van der Waals surface area contributed by atoms with Crippen molar-refractivity contribution in [3.8, 4) is 5.75 Å². The molecule has 2 aromatic carbocycles. The van der Waals surface area contributed by atoms with Gasteiger partial charge in [0.05, 0.1) is 18.7 Å². The van der Waals surface area contributed by atoms with E-state index in [1.807, 2.05) is 0 Å². The Bertz CT molecular complexity index is 987. The average Bonchev–Trinajstić information content (AvgIpc) is 3.13. The Morgan fingerprint density at radius 2 is 1.90 bits per heavy atom. The molecule has 1 heterocycles. The molecular formula is C22H22N2O6. The van der Waals surface area contributed by atoms with Gasteiger partial charge in [-0.15, -0.1) is 0 Å². The van der Waals surface area contributed by atoms with Crippen LogP contribution in [-0.2, 0) is 19.1 Å². The number of nitrogens with zero attached hydrogens (tertiary/aromatic N) is 1. The zero-order chi connectivity index (χ0) is 21.7. The predicted octanol–water partition coefficient (Wildman–Crippen LogP) is 2.43. The van der Waals surface area contributed by atoms with E-state index in [-0.39, 0.29) is 24.7 Å². The molecule has 156 valence electrons. The number of esters is 1. The van der Waals surface area contributed by atoms with E-state index in [4.69, 9.17) is 9.47 Å². The normalized spacial score (nSPS) is 15.6. The fraction of sp³-hybridized carbons (Fsp3) is 0.273. The van der Waals surface area contributed by atoms with Crippen LogP contribution in [0, 0.1) is 5.92 Å². The molecule has 8 nitrogen and oxygen atoms in total. The number of para-hydroxylation sites is 2. The van der Waals surface area contributed by atoms with Crippen LogP contribution in [0.4, 0.5) is 11.4 Å². The van der Waals surface area contributed by atoms with Gasteiger partial charge in [0.15, 0.2) is 12.4 Å². The van der Waals surface area contributed by atoms with Gasteiger partial charge in [0.2, 0.25) is 5.91 Å². The van der Waals surface area contributed by atoms with Crippen molar-refractivity contribution in [2.45, 2.75) is 13.3 Å². The van der Waals surface area contributed by atoms with E-state index in [9.17, 15) is 19.2 Å². The van der Waals surface area contributed by atoms with Crippen molar-refractivity contribution in [3.63, 3.8) is 0 Å². The topological polar surface area (TPSA) is 102 Å². The summed E-state index contributed by atoms with van der Waals surface area (Å²) in [5, 5.41) is 2.58. The molecule has 0 bridgehead atoms. The second kappa shape index (κ2) is 9.21. The van der Waals surface area contributed by atoms with E-state index in [0.29, 0.717) is 22.7 Å². The zero-order valence-electron chi connectivity index (χ0n) is 16.7. The number of hydrogen-bond acceptors (Lipinski definition) is 6. The SMILES string of the molecule is COc1ccccc1N1C[C@@H](C(=O)OCC(=O)Nc2cccc(C(C)=O)c2)CC1=O. The fourth-order valence-corrected chi connectivity index (χ4v) is 3.22. The number of anilines is 2. The highest BCUT2D eigenvalue weighted by molar-refractivity contribution is 6.01. The lowest BCUT2D eigenvalue weighted by Crippen LogP contribution is -2.28. The molecule has 1 aliphatic rings. The first kappa shape index (κ1) is 21.0. The number of carbonyl (C=O) groups is 4. The van der Waals surface area contributed by atoms with Crippen LogP contribution in [0.5, 0.6) is 5.75 Å². The lowest BCUT2D eigenvalue weighted by Gasteiger charge is -2.19. The van der Waals surface area contributed by atoms with Crippen molar-refractivity contribution in [1.82, 2.24) is 0 Å². The van der Waals surface area contributed by atoms with Crippen LogP contribution in [0.1, 0.15) is 23.7 Å². The summed E-state index contributed by atoms with van der Waals surface area (Å²) in [7, 11) is 1.51. The summed E-state index contributed by atoms with van der Waals surface area (Å²) in [5.41, 5.74) is 1.48. The summed E-state index contributed by atoms with van der Waals surface area (Å²) >= 11 is 0. The van der Waals surface area contributed by atoms with Crippen LogP contribution < -0.4 is 15.0 Å². The van der Waals surface area contributed by atoms with Crippen LogP contribution >= 0.6 is 0 Å². The van der Waals surface area contributed by atoms with Crippen LogP contribution in [0.15, 0.2) is 48.5 Å². The number of carbonyl (C=O) groups excluding carboxylic acids is 4. The Kier molecular flexibility index (Phi) is 6.46. The molecule has 0 aliphatic carbocycles. The standard InChI is InChI=1S/C22H22N2O6/c1-14(25)15-6-5-7-17(10-15)23-20(26)13-30-22(28)16-11-21(27)24(12-16)18-8-3-4-9-19(18)29-2/h3-10,16H,11-13H2,1-2H3,(H,23,26)/t16-/m0/s1. The Labute approximate surface area is 173 Å². The quantitative estimate of drug-likeness (QED) is 0.556. The van der Waals surface area contributed by atoms with Gasteiger partial charge in [-0.2, -0.15) is 0 Å². The van der Waals surface area contributed by atoms with E-state index in [1.54, 1.807) is 48.5 Å². The van der Waals surface area contributed by atoms with Crippen molar-refractivity contribution in [3.05, 3.63) is 54.1 Å². The Balaban J connectivity index is 1.55. The van der Waals surface area contributed by atoms with Crippen molar-refractivity contribution in [2.24, 2.45) is 5.92 Å². The minimum atomic E-state index is -0.670. The maximum absolute atomic E-state index is 12.4. The van der Waals surface area contributed by atoms with Crippen LogP contribution in [0.2, 0.25) is 0 Å². The number of methoxy groups -OCH3 is 1. The number of rotatable bonds is 7. The van der Waals surface area contributed by atoms with Crippen LogP contribution in [-0.4, -0.2) is 43.8 Å². The molecule has 1 atom stereocenters. The molecule has 2 aromatic rings. The summed E-state index contributed by atoms with van der Waals surface area (Å²) in [4.78, 5) is 49.7. The van der Waals surface area contributed by atoms with Crippen molar-refractivity contribution >= 4 is 34.9 Å². The largest absolute Gasteiger partial charge is 0.495 e. The van der Waals surface area contributed by atoms with E-state index in [2.05, 4.69) is 5.32 Å². The maximum atomic E-state index is 12.4. The number of benzene rings is 2. The molecule has 3 rings (SSSR count). The molecule has 0 unspecified atom stereocenters. The van der Waals surface area contributed by atoms with Gasteiger partial charge in [-0.1, -0.05) is 24.3 Å². The first-order valence-electron chi connectivity index (χ1n) is 9.40. The van der Waals surface area contributed by atoms with Gasteiger partial charge in [0, 0.05) is 24.2 Å². The molecule has 1 fully saturated rings. The lowest BCUT2D eigenvalue weighted by atomic mass is 10.1. The molecular weight excluding hydrogens is 388 g/mol. The van der Waals surface area contributed by atoms with E-state index in [0.717, 1.165) is 0 Å². The fourth-order valence-electron chi connectivity index (χ4n) is 3.22. The molecule has 2 amide bonds. The Hall–Kier alpha value is -3.68. The molecule has 8 heteroatoms. The van der Waals surface area contributed by atoms with Gasteiger partial charge < -0.3 is 19.7 Å². The minimum Gasteiger partial charge on any atom is -0.495 e. The first-order valence-corrected chi connectivity index (χ1v) is 9.40. The summed E-state index contributed by atoms with van der Waals surface area (Å²) in [6, 6.07) is 13.5. The second-order valence-electron chi connectivity index (χ2n) is 6.87. The summed E-state index contributed by atoms with van der Waals surface area (Å²) in [5.74, 6) is -1.62. The highest BCUT2D eigenvalue weighted by Gasteiger charge is 2.37. The third kappa shape index (κ3) is 4.83. The molecule has 0 aromatic heterocycles. The molecule has 0 radical (unpaired) electrons. The first-order chi connectivity index (χ1) is 14.4. The van der Waals surface area contributed by atoms with E-state index < -0.39 is 24.4 Å². The molecule has 1 aliphatic heterocycles. The number of ether oxygens (including phenoxy) is 2. The van der Waals surface area contributed by atoms with Crippen molar-refractivity contribution < 1.29 is 28.7 Å². The predicted molar refractivity (Wildman–Crippen MR) is 109 cm³/mol. The zero-order valence-corrected chi connectivity index (χ0v) is 16.7. The Morgan fingerprint density at radius 3 is 2.63 bits per heavy atom. The third-order valence-corrected chi connectivity index (χ3v) is 4.73. The van der Waals surface area contributed by atoms with Crippen LogP contribution in [0.3, 0.4) is 0 Å². The van der Waals surface area contributed by atoms with Gasteiger partial charge in [-0.3, -0.25) is 19.2 Å². The van der Waals surface area contributed by atoms with Gasteiger partial charge in [0.25, 0.3) is 5.91 Å². The number of Topliss-reactive ketones (excluding diaryl/α,β-unsaturated/α-hetero) is 1. The minimum absolute atomic E-state index is 0.000836. The maximum Gasteiger partial charge on any atom is 0.311 e. The highest BCUT2D eigenvalue weighted by Crippen LogP contribution is 2.33. The molecule has 0 spiro atoms. The number of hydrogen-bond donors (Lipinski definition) is 1. The van der Waals surface area contributed by atoms with Crippen LogP contribution in [0.25, 0.3) is 0 Å². The monoisotopic (exact) mass is 410 g/mol. The summed E-state index contributed by atoms with van der Waals surface area (Å²) < 4.78 is 10.4. The summed E-state index contributed by atoms with van der Waals surface area (Å²) in [6.45, 7) is 1.10. The second-order valence-corrected chi connectivity index (χ2v) is 6.87. The van der Waals surface area contributed by atoms with Gasteiger partial charge in [-0.25, -0.2) is 0 Å². The molecule has 1 saturated heterocycles. The van der Waals surface area contributed by atoms with Gasteiger partial charge in [0.1, 0.15) is 5.75 Å². The smallest absolute Gasteiger partial charge is 0.311 e. The Morgan fingerprint density at radius 1 is 1.13 bits per heavy atom. The van der Waals surface area contributed by atoms with Crippen molar-refractivity contribution in [2.75, 3.05) is 30.5 Å². The van der Waals surface area contributed by atoms with E-state index in [1.165, 1.54) is 18.9 Å². The summed E-state index contributed by atoms with van der Waals surface area (Å²) in [6.07, 6.45) is -0.000836. The number of ketones is 1. The van der Waals surface area contributed by atoms with Crippen molar-refractivity contribution in [1.29, 1.82) is 0 Å². The van der Waals surface area contributed by atoms with Gasteiger partial charge >= 0.3 is 5.97 Å². The molecule has 30 heavy (non-hydrogen) atoms. The highest BCUT2D eigenvalue weighted by atomic mass is 16.5. The number of amides is 2. The molecule has 1 N–H and O–H groups in total. The van der Waals surface area contributed by atoms with E-state index >= 15 is 0 Å². The molecule has 0 saturated carbocycles. The average molecular weight is 410 g/mol. The lowest BCUT2D eigenvalue weighted by molar-refractivity contribution is -0.151. The third-order valence-electron chi connectivity index (χ3n) is 4.73. The van der Waals surface area contributed by atoms with Gasteiger partial charge in [-0.05, 0) is 31.2 Å². The number of nitrogens with one attached hydrogen (secondary N) is 1.